The van der Waals surface area contributed by atoms with Crippen molar-refractivity contribution in [2.24, 2.45) is 17.8 Å². The SMILES string of the molecule is CNC1CCC(N(C)C(=O)C2CC3CCC2C3)CC1. The summed E-state index contributed by atoms with van der Waals surface area (Å²) in [7, 11) is 4.10. The van der Waals surface area contributed by atoms with Crippen molar-refractivity contribution in [1.82, 2.24) is 10.2 Å². The van der Waals surface area contributed by atoms with Gasteiger partial charge in [0.25, 0.3) is 0 Å². The second kappa shape index (κ2) is 5.43. The van der Waals surface area contributed by atoms with Crippen molar-refractivity contribution in [3.05, 3.63) is 0 Å². The molecule has 108 valence electrons. The monoisotopic (exact) mass is 264 g/mol. The minimum atomic E-state index is 0.366. The van der Waals surface area contributed by atoms with E-state index in [0.29, 0.717) is 29.8 Å². The molecule has 0 aromatic carbocycles. The summed E-state index contributed by atoms with van der Waals surface area (Å²) in [5.41, 5.74) is 0. The quantitative estimate of drug-likeness (QED) is 0.849. The number of carbonyl (C=O) groups is 1. The summed E-state index contributed by atoms with van der Waals surface area (Å²) in [4.78, 5) is 14.8. The molecule has 3 atom stereocenters. The number of nitrogens with zero attached hydrogens (tertiary/aromatic N) is 1. The van der Waals surface area contributed by atoms with E-state index in [1.807, 2.05) is 0 Å². The Balaban J connectivity index is 1.55. The summed E-state index contributed by atoms with van der Waals surface area (Å²) in [5.74, 6) is 2.41. The van der Waals surface area contributed by atoms with Gasteiger partial charge in [0.2, 0.25) is 5.91 Å². The minimum absolute atomic E-state index is 0.366. The van der Waals surface area contributed by atoms with Gasteiger partial charge in [-0.05, 0) is 63.8 Å². The van der Waals surface area contributed by atoms with Crippen molar-refractivity contribution >= 4 is 5.91 Å². The van der Waals surface area contributed by atoms with Gasteiger partial charge in [-0.2, -0.15) is 0 Å². The van der Waals surface area contributed by atoms with Gasteiger partial charge in [-0.3, -0.25) is 4.79 Å². The molecule has 3 fully saturated rings. The molecule has 3 nitrogen and oxygen atoms in total. The van der Waals surface area contributed by atoms with Gasteiger partial charge in [-0.15, -0.1) is 0 Å². The lowest BCUT2D eigenvalue weighted by Crippen LogP contribution is -2.45. The molecule has 3 heteroatoms. The van der Waals surface area contributed by atoms with E-state index in [9.17, 15) is 4.79 Å². The van der Waals surface area contributed by atoms with Crippen LogP contribution in [0.4, 0.5) is 0 Å². The molecule has 1 N–H and O–H groups in total. The topological polar surface area (TPSA) is 32.3 Å². The molecule has 0 aliphatic heterocycles. The molecule has 3 saturated carbocycles. The van der Waals surface area contributed by atoms with Crippen LogP contribution in [-0.2, 0) is 4.79 Å². The molecule has 0 heterocycles. The van der Waals surface area contributed by atoms with Crippen LogP contribution >= 0.6 is 0 Å². The first-order valence-corrected chi connectivity index (χ1v) is 8.13. The number of hydrogen-bond acceptors (Lipinski definition) is 2. The Bertz CT molecular complexity index is 336. The van der Waals surface area contributed by atoms with E-state index in [0.717, 1.165) is 5.92 Å². The maximum atomic E-state index is 12.7. The summed E-state index contributed by atoms with van der Waals surface area (Å²) in [6.45, 7) is 0. The van der Waals surface area contributed by atoms with Crippen molar-refractivity contribution in [3.63, 3.8) is 0 Å². The van der Waals surface area contributed by atoms with Crippen LogP contribution in [0.1, 0.15) is 51.4 Å². The maximum Gasteiger partial charge on any atom is 0.225 e. The third kappa shape index (κ3) is 2.54. The molecule has 0 spiro atoms. The van der Waals surface area contributed by atoms with E-state index in [2.05, 4.69) is 24.3 Å². The van der Waals surface area contributed by atoms with Crippen LogP contribution < -0.4 is 5.32 Å². The molecular weight excluding hydrogens is 236 g/mol. The normalized spacial score (nSPS) is 41.5. The molecule has 3 rings (SSSR count). The van der Waals surface area contributed by atoms with E-state index in [1.165, 1.54) is 51.4 Å². The van der Waals surface area contributed by atoms with Crippen LogP contribution in [0.2, 0.25) is 0 Å². The van der Waals surface area contributed by atoms with Crippen LogP contribution in [0.15, 0.2) is 0 Å². The molecular formula is C16H28N2O. The molecule has 0 aromatic heterocycles. The van der Waals surface area contributed by atoms with Crippen LogP contribution in [0.5, 0.6) is 0 Å². The number of fused-ring (bicyclic) bond motifs is 2. The Hall–Kier alpha value is -0.570. The predicted octanol–water partition coefficient (Wildman–Crippen LogP) is 2.41. The lowest BCUT2D eigenvalue weighted by molar-refractivity contribution is -0.138. The highest BCUT2D eigenvalue weighted by Gasteiger charge is 2.44. The van der Waals surface area contributed by atoms with Gasteiger partial charge in [0.05, 0.1) is 0 Å². The fourth-order valence-electron chi connectivity index (χ4n) is 4.74. The molecule has 3 unspecified atom stereocenters. The number of amides is 1. The number of carbonyl (C=O) groups excluding carboxylic acids is 1. The van der Waals surface area contributed by atoms with E-state index < -0.39 is 0 Å². The lowest BCUT2D eigenvalue weighted by atomic mass is 9.85. The van der Waals surface area contributed by atoms with Gasteiger partial charge in [0, 0.05) is 25.0 Å². The molecule has 19 heavy (non-hydrogen) atoms. The number of hydrogen-bond donors (Lipinski definition) is 1. The fraction of sp³-hybridized carbons (Fsp3) is 0.938. The molecule has 3 aliphatic carbocycles. The second-order valence-corrected chi connectivity index (χ2v) is 7.02. The van der Waals surface area contributed by atoms with Gasteiger partial charge in [-0.25, -0.2) is 0 Å². The maximum absolute atomic E-state index is 12.7. The smallest absolute Gasteiger partial charge is 0.225 e. The zero-order valence-corrected chi connectivity index (χ0v) is 12.4. The Morgan fingerprint density at radius 2 is 1.79 bits per heavy atom. The summed E-state index contributed by atoms with van der Waals surface area (Å²) < 4.78 is 0. The molecule has 2 bridgehead atoms. The van der Waals surface area contributed by atoms with Crippen LogP contribution in [0.25, 0.3) is 0 Å². The lowest BCUT2D eigenvalue weighted by Gasteiger charge is -2.37. The van der Waals surface area contributed by atoms with Crippen molar-refractivity contribution < 1.29 is 4.79 Å². The highest BCUT2D eigenvalue weighted by molar-refractivity contribution is 5.79. The summed E-state index contributed by atoms with van der Waals surface area (Å²) in [6, 6.07) is 1.17. The third-order valence-electron chi connectivity index (χ3n) is 6.06. The van der Waals surface area contributed by atoms with Gasteiger partial charge < -0.3 is 10.2 Å². The van der Waals surface area contributed by atoms with Gasteiger partial charge in [0.1, 0.15) is 0 Å². The van der Waals surface area contributed by atoms with E-state index in [4.69, 9.17) is 0 Å². The largest absolute Gasteiger partial charge is 0.343 e. The fourth-order valence-corrected chi connectivity index (χ4v) is 4.74. The minimum Gasteiger partial charge on any atom is -0.343 e. The Kier molecular flexibility index (Phi) is 3.84. The first kappa shape index (κ1) is 13.4. The Morgan fingerprint density at radius 1 is 1.05 bits per heavy atom. The summed E-state index contributed by atoms with van der Waals surface area (Å²) in [5, 5.41) is 3.37. The first-order chi connectivity index (χ1) is 9.19. The van der Waals surface area contributed by atoms with Crippen LogP contribution in [0.3, 0.4) is 0 Å². The van der Waals surface area contributed by atoms with Crippen LogP contribution in [0, 0.1) is 17.8 Å². The standard InChI is InChI=1S/C16H28N2O/c1-17-13-5-7-14(8-6-13)18(2)16(19)15-10-11-3-4-12(15)9-11/h11-15,17H,3-10H2,1-2H3. The average Bonchev–Trinajstić information content (AvgIpc) is 3.08. The van der Waals surface area contributed by atoms with Gasteiger partial charge >= 0.3 is 0 Å². The summed E-state index contributed by atoms with van der Waals surface area (Å²) >= 11 is 0. The zero-order valence-electron chi connectivity index (χ0n) is 12.4. The second-order valence-electron chi connectivity index (χ2n) is 7.02. The van der Waals surface area contributed by atoms with Crippen molar-refractivity contribution in [2.75, 3.05) is 14.1 Å². The van der Waals surface area contributed by atoms with Crippen molar-refractivity contribution in [3.8, 4) is 0 Å². The molecule has 3 aliphatic rings. The number of rotatable bonds is 3. The third-order valence-corrected chi connectivity index (χ3v) is 6.06. The van der Waals surface area contributed by atoms with Crippen molar-refractivity contribution in [1.29, 1.82) is 0 Å². The highest BCUT2D eigenvalue weighted by atomic mass is 16.2. The van der Waals surface area contributed by atoms with E-state index in [-0.39, 0.29) is 0 Å². The molecule has 0 aromatic rings. The molecule has 1 amide bonds. The Morgan fingerprint density at radius 3 is 2.32 bits per heavy atom. The zero-order chi connectivity index (χ0) is 13.4. The molecule has 0 saturated heterocycles. The van der Waals surface area contributed by atoms with Gasteiger partial charge in [-0.1, -0.05) is 6.42 Å². The average molecular weight is 264 g/mol. The van der Waals surface area contributed by atoms with E-state index >= 15 is 0 Å². The van der Waals surface area contributed by atoms with Gasteiger partial charge in [0.15, 0.2) is 0 Å². The number of nitrogens with one attached hydrogen (secondary N) is 1. The van der Waals surface area contributed by atoms with Crippen LogP contribution in [-0.4, -0.2) is 37.0 Å². The molecule has 0 radical (unpaired) electrons. The Labute approximate surface area is 117 Å². The first-order valence-electron chi connectivity index (χ1n) is 8.13. The highest BCUT2D eigenvalue weighted by Crippen LogP contribution is 2.49. The van der Waals surface area contributed by atoms with E-state index in [1.54, 1.807) is 0 Å². The summed E-state index contributed by atoms with van der Waals surface area (Å²) in [6.07, 6.45) is 9.98. The predicted molar refractivity (Wildman–Crippen MR) is 76.8 cm³/mol. The van der Waals surface area contributed by atoms with Crippen molar-refractivity contribution in [2.45, 2.75) is 63.5 Å².